The van der Waals surface area contributed by atoms with E-state index in [0.29, 0.717) is 12.2 Å². The molecule has 0 spiro atoms. The summed E-state index contributed by atoms with van der Waals surface area (Å²) in [6.07, 6.45) is 3.58. The van der Waals surface area contributed by atoms with Gasteiger partial charge in [-0.3, -0.25) is 4.79 Å². The van der Waals surface area contributed by atoms with Crippen molar-refractivity contribution in [1.29, 1.82) is 0 Å². The summed E-state index contributed by atoms with van der Waals surface area (Å²) in [5.41, 5.74) is 0. The van der Waals surface area contributed by atoms with E-state index < -0.39 is 0 Å². The third-order valence-electron chi connectivity index (χ3n) is 3.34. The number of thioether (sulfide) groups is 1. The van der Waals surface area contributed by atoms with Crippen molar-refractivity contribution in [2.45, 2.75) is 30.9 Å². The van der Waals surface area contributed by atoms with Crippen molar-refractivity contribution >= 4 is 17.5 Å². The first-order chi connectivity index (χ1) is 9.78. The van der Waals surface area contributed by atoms with Crippen LogP contribution in [0, 0.1) is 0 Å². The molecule has 1 aromatic heterocycles. The molecule has 1 unspecified atom stereocenters. The number of nitrogens with zero attached hydrogens (tertiary/aromatic N) is 2. The Hall–Kier alpha value is -1.75. The van der Waals surface area contributed by atoms with E-state index in [2.05, 4.69) is 4.98 Å². The highest BCUT2D eigenvalue weighted by molar-refractivity contribution is 7.99. The van der Waals surface area contributed by atoms with Crippen molar-refractivity contribution in [1.82, 2.24) is 9.55 Å². The molecule has 5 heteroatoms. The largest absolute Gasteiger partial charge is 0.481 e. The SMILES string of the molecule is CCn1ccnc1CC(=O)C1CSc2ccccc2O1. The van der Waals surface area contributed by atoms with Gasteiger partial charge in [0, 0.05) is 29.6 Å². The lowest BCUT2D eigenvalue weighted by Gasteiger charge is -2.24. The highest BCUT2D eigenvalue weighted by Gasteiger charge is 2.27. The van der Waals surface area contributed by atoms with Crippen molar-refractivity contribution in [2.24, 2.45) is 0 Å². The molecule has 2 aromatic rings. The second kappa shape index (κ2) is 5.71. The number of imidazole rings is 1. The molecule has 0 aliphatic carbocycles. The summed E-state index contributed by atoms with van der Waals surface area (Å²) in [4.78, 5) is 17.7. The molecule has 1 aromatic carbocycles. The lowest BCUT2D eigenvalue weighted by atomic mass is 10.1. The Labute approximate surface area is 122 Å². The van der Waals surface area contributed by atoms with Crippen LogP contribution in [0.15, 0.2) is 41.6 Å². The van der Waals surface area contributed by atoms with Crippen LogP contribution in [0.25, 0.3) is 0 Å². The van der Waals surface area contributed by atoms with Gasteiger partial charge in [-0.15, -0.1) is 11.8 Å². The number of fused-ring (bicyclic) bond motifs is 1. The van der Waals surface area contributed by atoms with Gasteiger partial charge in [0.15, 0.2) is 11.9 Å². The molecular formula is C15H16N2O2S. The number of rotatable bonds is 4. The minimum atomic E-state index is -0.378. The van der Waals surface area contributed by atoms with Gasteiger partial charge in [-0.05, 0) is 19.1 Å². The van der Waals surface area contributed by atoms with Crippen LogP contribution in [0.2, 0.25) is 0 Å². The topological polar surface area (TPSA) is 44.1 Å². The number of para-hydroxylation sites is 1. The molecule has 2 heterocycles. The summed E-state index contributed by atoms with van der Waals surface area (Å²) in [5.74, 6) is 2.38. The fourth-order valence-electron chi connectivity index (χ4n) is 2.24. The molecular weight excluding hydrogens is 272 g/mol. The van der Waals surface area contributed by atoms with Gasteiger partial charge in [0.05, 0.1) is 6.42 Å². The first kappa shape index (κ1) is 13.2. The van der Waals surface area contributed by atoms with Crippen LogP contribution in [0.3, 0.4) is 0 Å². The van der Waals surface area contributed by atoms with E-state index in [1.54, 1.807) is 18.0 Å². The van der Waals surface area contributed by atoms with Crippen LogP contribution < -0.4 is 4.74 Å². The van der Waals surface area contributed by atoms with Gasteiger partial charge < -0.3 is 9.30 Å². The Morgan fingerprint density at radius 1 is 1.50 bits per heavy atom. The first-order valence-corrected chi connectivity index (χ1v) is 7.67. The average Bonchev–Trinajstić information content (AvgIpc) is 2.94. The Morgan fingerprint density at radius 3 is 3.20 bits per heavy atom. The Morgan fingerprint density at radius 2 is 2.35 bits per heavy atom. The zero-order valence-corrected chi connectivity index (χ0v) is 12.1. The van der Waals surface area contributed by atoms with E-state index in [4.69, 9.17) is 4.74 Å². The second-order valence-corrected chi connectivity index (χ2v) is 5.70. The van der Waals surface area contributed by atoms with Crippen LogP contribution in [0.1, 0.15) is 12.7 Å². The number of Topliss-reactive ketones (excluding diaryl/α,β-unsaturated/α-hetero) is 1. The highest BCUT2D eigenvalue weighted by Crippen LogP contribution is 2.35. The minimum absolute atomic E-state index is 0.0907. The van der Waals surface area contributed by atoms with Gasteiger partial charge in [-0.1, -0.05) is 12.1 Å². The lowest BCUT2D eigenvalue weighted by molar-refractivity contribution is -0.124. The lowest BCUT2D eigenvalue weighted by Crippen LogP contribution is -2.34. The van der Waals surface area contributed by atoms with Crippen molar-refractivity contribution < 1.29 is 9.53 Å². The molecule has 1 atom stereocenters. The summed E-state index contributed by atoms with van der Waals surface area (Å²) in [5, 5.41) is 0. The van der Waals surface area contributed by atoms with E-state index in [1.165, 1.54) is 0 Å². The molecule has 0 radical (unpaired) electrons. The molecule has 0 saturated carbocycles. The zero-order valence-electron chi connectivity index (χ0n) is 11.3. The number of benzene rings is 1. The Kier molecular flexibility index (Phi) is 3.78. The molecule has 0 saturated heterocycles. The maximum absolute atomic E-state index is 12.4. The monoisotopic (exact) mass is 288 g/mol. The molecule has 0 fully saturated rings. The van der Waals surface area contributed by atoms with E-state index in [1.807, 2.05) is 42.0 Å². The van der Waals surface area contributed by atoms with E-state index >= 15 is 0 Å². The van der Waals surface area contributed by atoms with Crippen LogP contribution in [-0.4, -0.2) is 27.2 Å². The van der Waals surface area contributed by atoms with Crippen LogP contribution in [-0.2, 0) is 17.8 Å². The highest BCUT2D eigenvalue weighted by atomic mass is 32.2. The normalized spacial score (nSPS) is 17.4. The van der Waals surface area contributed by atoms with Crippen LogP contribution in [0.4, 0.5) is 0 Å². The summed E-state index contributed by atoms with van der Waals surface area (Å²) in [7, 11) is 0. The summed E-state index contributed by atoms with van der Waals surface area (Å²) >= 11 is 1.67. The fourth-order valence-corrected chi connectivity index (χ4v) is 3.26. The Bertz CT molecular complexity index is 624. The van der Waals surface area contributed by atoms with E-state index in [0.717, 1.165) is 23.0 Å². The van der Waals surface area contributed by atoms with E-state index in [-0.39, 0.29) is 11.9 Å². The molecule has 0 bridgehead atoms. The molecule has 0 N–H and O–H groups in total. The number of ether oxygens (including phenoxy) is 1. The number of aryl methyl sites for hydroxylation is 1. The molecule has 20 heavy (non-hydrogen) atoms. The quantitative estimate of drug-likeness (QED) is 0.867. The fraction of sp³-hybridized carbons (Fsp3) is 0.333. The van der Waals surface area contributed by atoms with Gasteiger partial charge in [0.1, 0.15) is 11.6 Å². The number of hydrogen-bond donors (Lipinski definition) is 0. The third-order valence-corrected chi connectivity index (χ3v) is 4.46. The maximum Gasteiger partial charge on any atom is 0.181 e. The van der Waals surface area contributed by atoms with Gasteiger partial charge in [0.2, 0.25) is 0 Å². The van der Waals surface area contributed by atoms with Crippen molar-refractivity contribution in [3.05, 3.63) is 42.5 Å². The molecule has 1 aliphatic heterocycles. The maximum atomic E-state index is 12.4. The Balaban J connectivity index is 1.70. The summed E-state index contributed by atoms with van der Waals surface area (Å²) in [6, 6.07) is 7.84. The first-order valence-electron chi connectivity index (χ1n) is 6.69. The van der Waals surface area contributed by atoms with Crippen molar-refractivity contribution in [3.63, 3.8) is 0 Å². The number of ketones is 1. The van der Waals surface area contributed by atoms with Gasteiger partial charge >= 0.3 is 0 Å². The standard InChI is InChI=1S/C15H16N2O2S/c1-2-17-8-7-16-15(17)9-11(18)13-10-20-14-6-4-3-5-12(14)19-13/h3-8,13H,2,9-10H2,1H3. The minimum Gasteiger partial charge on any atom is -0.481 e. The molecule has 0 amide bonds. The number of hydrogen-bond acceptors (Lipinski definition) is 4. The van der Waals surface area contributed by atoms with Crippen LogP contribution in [0.5, 0.6) is 5.75 Å². The number of carbonyl (C=O) groups excluding carboxylic acids is 1. The summed E-state index contributed by atoms with van der Waals surface area (Å²) < 4.78 is 7.80. The molecule has 104 valence electrons. The van der Waals surface area contributed by atoms with Crippen molar-refractivity contribution in [2.75, 3.05) is 5.75 Å². The number of aromatic nitrogens is 2. The van der Waals surface area contributed by atoms with Crippen LogP contribution >= 0.6 is 11.8 Å². The summed E-state index contributed by atoms with van der Waals surface area (Å²) in [6.45, 7) is 2.87. The smallest absolute Gasteiger partial charge is 0.181 e. The van der Waals surface area contributed by atoms with Gasteiger partial charge in [-0.25, -0.2) is 4.98 Å². The predicted octanol–water partition coefficient (Wildman–Crippen LogP) is 2.57. The average molecular weight is 288 g/mol. The molecule has 1 aliphatic rings. The third kappa shape index (κ3) is 2.58. The second-order valence-electron chi connectivity index (χ2n) is 4.64. The van der Waals surface area contributed by atoms with Gasteiger partial charge in [-0.2, -0.15) is 0 Å². The van der Waals surface area contributed by atoms with Gasteiger partial charge in [0.25, 0.3) is 0 Å². The van der Waals surface area contributed by atoms with Crippen molar-refractivity contribution in [3.8, 4) is 5.75 Å². The number of carbonyl (C=O) groups is 1. The molecule has 4 nitrogen and oxygen atoms in total. The van der Waals surface area contributed by atoms with E-state index in [9.17, 15) is 4.79 Å². The predicted molar refractivity (Wildman–Crippen MR) is 78.2 cm³/mol. The molecule has 3 rings (SSSR count). The zero-order chi connectivity index (χ0) is 13.9.